The lowest BCUT2D eigenvalue weighted by Gasteiger charge is -2.17. The van der Waals surface area contributed by atoms with Crippen LogP contribution in [0.3, 0.4) is 0 Å². The summed E-state index contributed by atoms with van der Waals surface area (Å²) in [5.74, 6) is -0.0252. The Bertz CT molecular complexity index is 199. The molecular weight excluding hydrogens is 170 g/mol. The van der Waals surface area contributed by atoms with Crippen molar-refractivity contribution in [3.05, 3.63) is 10.4 Å². The highest BCUT2D eigenvalue weighted by Gasteiger charge is 2.05. The predicted octanol–water partition coefficient (Wildman–Crippen LogP) is 0.365. The third kappa shape index (κ3) is 5.95. The summed E-state index contributed by atoms with van der Waals surface area (Å²) >= 11 is 0. The number of carbonyl (C=O) groups excluding carboxylic acids is 1. The van der Waals surface area contributed by atoms with Gasteiger partial charge in [0, 0.05) is 25.0 Å². The van der Waals surface area contributed by atoms with Crippen LogP contribution in [0.5, 0.6) is 0 Å². The van der Waals surface area contributed by atoms with Crippen LogP contribution in [0.1, 0.15) is 6.92 Å². The van der Waals surface area contributed by atoms with Crippen molar-refractivity contribution in [2.75, 3.05) is 33.2 Å². The first kappa shape index (κ1) is 11.7. The van der Waals surface area contributed by atoms with Crippen molar-refractivity contribution >= 4 is 5.91 Å². The lowest BCUT2D eigenvalue weighted by atomic mass is 10.4. The molecule has 0 radical (unpaired) electrons. The number of azide groups is 1. The molecule has 6 heteroatoms. The molecule has 0 heterocycles. The van der Waals surface area contributed by atoms with E-state index in [0.717, 1.165) is 6.54 Å². The summed E-state index contributed by atoms with van der Waals surface area (Å²) in [5.41, 5.74) is 8.04. The predicted molar refractivity (Wildman–Crippen MR) is 50.2 cm³/mol. The Balaban J connectivity index is 3.74. The third-order valence-electron chi connectivity index (χ3n) is 1.67. The van der Waals surface area contributed by atoms with Crippen molar-refractivity contribution in [3.8, 4) is 0 Å². The zero-order chi connectivity index (χ0) is 10.1. The van der Waals surface area contributed by atoms with Crippen LogP contribution in [0.25, 0.3) is 10.4 Å². The van der Waals surface area contributed by atoms with Crippen LogP contribution in [-0.2, 0) is 4.79 Å². The Morgan fingerprint density at radius 2 is 2.38 bits per heavy atom. The number of hydrogen-bond acceptors (Lipinski definition) is 3. The fraction of sp³-hybridized carbons (Fsp3) is 0.857. The lowest BCUT2D eigenvalue weighted by Crippen LogP contribution is -2.36. The van der Waals surface area contributed by atoms with Gasteiger partial charge in [0.2, 0.25) is 5.91 Å². The molecule has 0 atom stereocenters. The van der Waals surface area contributed by atoms with E-state index < -0.39 is 0 Å². The molecule has 0 unspecified atom stereocenters. The van der Waals surface area contributed by atoms with Gasteiger partial charge in [-0.15, -0.1) is 0 Å². The first-order chi connectivity index (χ1) is 6.24. The van der Waals surface area contributed by atoms with Gasteiger partial charge < -0.3 is 5.32 Å². The van der Waals surface area contributed by atoms with Crippen LogP contribution < -0.4 is 5.32 Å². The average Bonchev–Trinajstić information content (AvgIpc) is 2.16. The summed E-state index contributed by atoms with van der Waals surface area (Å²) < 4.78 is 0. The van der Waals surface area contributed by atoms with Gasteiger partial charge in [0.05, 0.1) is 6.54 Å². The first-order valence-electron chi connectivity index (χ1n) is 4.18. The smallest absolute Gasteiger partial charge is 0.233 e. The molecule has 0 bridgehead atoms. The molecule has 13 heavy (non-hydrogen) atoms. The molecule has 0 aliphatic carbocycles. The Morgan fingerprint density at radius 3 is 2.85 bits per heavy atom. The molecule has 0 aliphatic heterocycles. The second kappa shape index (κ2) is 7.39. The molecule has 0 saturated heterocycles. The van der Waals surface area contributed by atoms with E-state index in [2.05, 4.69) is 15.3 Å². The van der Waals surface area contributed by atoms with Gasteiger partial charge in [-0.05, 0) is 12.1 Å². The maximum atomic E-state index is 11.0. The molecule has 0 aromatic carbocycles. The number of nitrogens with zero attached hydrogens (tertiary/aromatic N) is 4. The molecule has 0 rings (SSSR count). The van der Waals surface area contributed by atoms with Crippen LogP contribution in [0.15, 0.2) is 5.11 Å². The zero-order valence-corrected chi connectivity index (χ0v) is 8.03. The Labute approximate surface area is 77.5 Å². The van der Waals surface area contributed by atoms with Crippen LogP contribution in [-0.4, -0.2) is 44.0 Å². The topological polar surface area (TPSA) is 81.1 Å². The van der Waals surface area contributed by atoms with Crippen LogP contribution >= 0.6 is 0 Å². The third-order valence-corrected chi connectivity index (χ3v) is 1.67. The van der Waals surface area contributed by atoms with Gasteiger partial charge in [0.1, 0.15) is 0 Å². The minimum Gasteiger partial charge on any atom is -0.358 e. The average molecular weight is 185 g/mol. The van der Waals surface area contributed by atoms with E-state index in [-0.39, 0.29) is 5.91 Å². The Morgan fingerprint density at radius 1 is 1.69 bits per heavy atom. The van der Waals surface area contributed by atoms with Crippen molar-refractivity contribution in [1.82, 2.24) is 10.2 Å². The Kier molecular flexibility index (Phi) is 6.68. The number of hydrogen-bond donors (Lipinski definition) is 1. The van der Waals surface area contributed by atoms with Crippen molar-refractivity contribution in [2.24, 2.45) is 5.11 Å². The summed E-state index contributed by atoms with van der Waals surface area (Å²) in [6.45, 7) is 4.11. The summed E-state index contributed by atoms with van der Waals surface area (Å²) in [5, 5.41) is 5.94. The van der Waals surface area contributed by atoms with Crippen molar-refractivity contribution < 1.29 is 4.79 Å². The van der Waals surface area contributed by atoms with Gasteiger partial charge in [-0.3, -0.25) is 9.69 Å². The summed E-state index contributed by atoms with van der Waals surface area (Å²) in [6, 6.07) is 0. The van der Waals surface area contributed by atoms with Gasteiger partial charge in [-0.1, -0.05) is 12.0 Å². The van der Waals surface area contributed by atoms with E-state index in [9.17, 15) is 4.79 Å². The number of nitrogens with one attached hydrogen (secondary N) is 1. The van der Waals surface area contributed by atoms with E-state index in [1.807, 2.05) is 11.8 Å². The highest BCUT2D eigenvalue weighted by molar-refractivity contribution is 5.77. The number of rotatable bonds is 6. The second-order valence-corrected chi connectivity index (χ2v) is 2.50. The summed E-state index contributed by atoms with van der Waals surface area (Å²) in [4.78, 5) is 15.5. The molecule has 0 saturated carbocycles. The van der Waals surface area contributed by atoms with Crippen LogP contribution in [0, 0.1) is 0 Å². The van der Waals surface area contributed by atoms with E-state index in [1.54, 1.807) is 7.05 Å². The van der Waals surface area contributed by atoms with Crippen LogP contribution in [0.4, 0.5) is 0 Å². The van der Waals surface area contributed by atoms with Gasteiger partial charge in [0.15, 0.2) is 0 Å². The standard InChI is InChI=1S/C7H15N5O/c1-3-12(5-4-10-11-8)6-7(13)9-2/h3-6H2,1-2H3,(H,9,13). The van der Waals surface area contributed by atoms with Crippen molar-refractivity contribution in [1.29, 1.82) is 0 Å². The van der Waals surface area contributed by atoms with Crippen LogP contribution in [0.2, 0.25) is 0 Å². The molecular formula is C7H15N5O. The number of carbonyl (C=O) groups is 1. The molecule has 0 aliphatic rings. The number of likely N-dealkylation sites (N-methyl/N-ethyl adjacent to an activating group) is 2. The monoisotopic (exact) mass is 185 g/mol. The van der Waals surface area contributed by atoms with E-state index in [4.69, 9.17) is 5.53 Å². The molecule has 6 nitrogen and oxygen atoms in total. The Hall–Kier alpha value is -1.26. The summed E-state index contributed by atoms with van der Waals surface area (Å²) in [6.07, 6.45) is 0. The SMILES string of the molecule is CCN(CCN=[N+]=[N-])CC(=O)NC. The fourth-order valence-corrected chi connectivity index (χ4v) is 0.862. The highest BCUT2D eigenvalue weighted by Crippen LogP contribution is 1.87. The van der Waals surface area contributed by atoms with Crippen molar-refractivity contribution in [2.45, 2.75) is 6.92 Å². The van der Waals surface area contributed by atoms with Gasteiger partial charge in [-0.25, -0.2) is 0 Å². The maximum absolute atomic E-state index is 11.0. The normalized spacial score (nSPS) is 9.46. The molecule has 0 fully saturated rings. The molecule has 0 spiro atoms. The van der Waals surface area contributed by atoms with E-state index in [1.165, 1.54) is 0 Å². The highest BCUT2D eigenvalue weighted by atomic mass is 16.1. The van der Waals surface area contributed by atoms with Crippen molar-refractivity contribution in [3.63, 3.8) is 0 Å². The largest absolute Gasteiger partial charge is 0.358 e. The molecule has 1 N–H and O–H groups in total. The lowest BCUT2D eigenvalue weighted by molar-refractivity contribution is -0.121. The van der Waals surface area contributed by atoms with E-state index in [0.29, 0.717) is 19.6 Å². The first-order valence-corrected chi connectivity index (χ1v) is 4.18. The molecule has 1 amide bonds. The minimum atomic E-state index is -0.0252. The van der Waals surface area contributed by atoms with Gasteiger partial charge in [-0.2, -0.15) is 0 Å². The fourth-order valence-electron chi connectivity index (χ4n) is 0.862. The minimum absolute atomic E-state index is 0.0252. The van der Waals surface area contributed by atoms with E-state index >= 15 is 0 Å². The molecule has 0 aromatic rings. The zero-order valence-electron chi connectivity index (χ0n) is 8.03. The number of amides is 1. The quantitative estimate of drug-likeness (QED) is 0.368. The molecule has 0 aromatic heterocycles. The van der Waals surface area contributed by atoms with Gasteiger partial charge >= 0.3 is 0 Å². The van der Waals surface area contributed by atoms with Gasteiger partial charge in [0.25, 0.3) is 0 Å². The summed E-state index contributed by atoms with van der Waals surface area (Å²) in [7, 11) is 1.60. The maximum Gasteiger partial charge on any atom is 0.233 e. The second-order valence-electron chi connectivity index (χ2n) is 2.50. The molecule has 74 valence electrons.